The van der Waals surface area contributed by atoms with Crippen molar-refractivity contribution in [2.45, 2.75) is 44.9 Å². The number of rotatable bonds is 7. The first-order valence-corrected chi connectivity index (χ1v) is 7.98. The molecule has 1 heterocycles. The van der Waals surface area contributed by atoms with E-state index in [0.717, 1.165) is 16.2 Å². The third-order valence-electron chi connectivity index (χ3n) is 4.31. The van der Waals surface area contributed by atoms with Gasteiger partial charge in [-0.3, -0.25) is 19.4 Å². The molecule has 4 amide bonds. The van der Waals surface area contributed by atoms with E-state index >= 15 is 0 Å². The molecule has 1 unspecified atom stereocenters. The second-order valence-electron chi connectivity index (χ2n) is 6.06. The molecule has 2 rings (SSSR count). The third kappa shape index (κ3) is 4.29. The molecule has 23 heavy (non-hydrogen) atoms. The number of carbonyl (C=O) groups is 3. The van der Waals surface area contributed by atoms with Gasteiger partial charge in [0.1, 0.15) is 0 Å². The third-order valence-corrected chi connectivity index (χ3v) is 4.31. The van der Waals surface area contributed by atoms with Gasteiger partial charge in [-0.15, -0.1) is 0 Å². The van der Waals surface area contributed by atoms with Crippen molar-refractivity contribution in [2.75, 3.05) is 13.1 Å². The number of carbonyl (C=O) groups excluding carboxylic acids is 3. The molecule has 1 aliphatic heterocycles. The zero-order valence-electron chi connectivity index (χ0n) is 13.0. The van der Waals surface area contributed by atoms with Gasteiger partial charge in [0, 0.05) is 25.4 Å². The molecule has 1 saturated heterocycles. The van der Waals surface area contributed by atoms with E-state index in [2.05, 4.69) is 0 Å². The maximum Gasteiger partial charge on any atom is 0.333 e. The SMILES string of the molecule is N#CCCN1C(=O)CC(CCC2CC2)C(=O)N(CCC#N)C1=O. The predicted octanol–water partition coefficient (Wildman–Crippen LogP) is 1.80. The van der Waals surface area contributed by atoms with Gasteiger partial charge in [0.25, 0.3) is 0 Å². The van der Waals surface area contributed by atoms with Crippen LogP contribution in [0.4, 0.5) is 4.79 Å². The summed E-state index contributed by atoms with van der Waals surface area (Å²) in [5.41, 5.74) is 0. The van der Waals surface area contributed by atoms with Crippen molar-refractivity contribution >= 4 is 17.8 Å². The number of urea groups is 1. The van der Waals surface area contributed by atoms with Crippen molar-refractivity contribution in [3.05, 3.63) is 0 Å². The second-order valence-corrected chi connectivity index (χ2v) is 6.06. The number of amides is 4. The molecule has 7 heteroatoms. The fraction of sp³-hybridized carbons (Fsp3) is 0.688. The normalized spacial score (nSPS) is 21.8. The summed E-state index contributed by atoms with van der Waals surface area (Å²) < 4.78 is 0. The average Bonchev–Trinajstić information content (AvgIpc) is 3.35. The molecule has 7 nitrogen and oxygen atoms in total. The average molecular weight is 316 g/mol. The molecule has 2 fully saturated rings. The van der Waals surface area contributed by atoms with Crippen LogP contribution in [0, 0.1) is 34.5 Å². The maximum atomic E-state index is 12.6. The second kappa shape index (κ2) is 7.73. The van der Waals surface area contributed by atoms with Crippen LogP contribution in [0.1, 0.15) is 44.9 Å². The first-order chi connectivity index (χ1) is 11.1. The van der Waals surface area contributed by atoms with Crippen LogP contribution in [0.25, 0.3) is 0 Å². The largest absolute Gasteiger partial charge is 0.333 e. The van der Waals surface area contributed by atoms with Crippen molar-refractivity contribution in [1.29, 1.82) is 10.5 Å². The van der Waals surface area contributed by atoms with Gasteiger partial charge in [0.15, 0.2) is 0 Å². The Labute approximate surface area is 135 Å². The van der Waals surface area contributed by atoms with Gasteiger partial charge in [0.2, 0.25) is 11.8 Å². The Balaban J connectivity index is 2.15. The van der Waals surface area contributed by atoms with Crippen molar-refractivity contribution in [1.82, 2.24) is 9.80 Å². The first kappa shape index (κ1) is 17.0. The van der Waals surface area contributed by atoms with E-state index in [1.165, 1.54) is 12.8 Å². The molecular weight excluding hydrogens is 296 g/mol. The minimum atomic E-state index is -0.695. The molecule has 122 valence electrons. The lowest BCUT2D eigenvalue weighted by Gasteiger charge is -2.24. The van der Waals surface area contributed by atoms with Crippen LogP contribution >= 0.6 is 0 Å². The number of imide groups is 2. The minimum Gasteiger partial charge on any atom is -0.274 e. The molecule has 0 radical (unpaired) electrons. The topological polar surface area (TPSA) is 105 Å². The van der Waals surface area contributed by atoms with Gasteiger partial charge in [-0.2, -0.15) is 10.5 Å². The minimum absolute atomic E-state index is 0.00573. The van der Waals surface area contributed by atoms with Crippen molar-refractivity contribution in [3.8, 4) is 12.1 Å². The molecule has 0 N–H and O–H groups in total. The van der Waals surface area contributed by atoms with E-state index in [9.17, 15) is 14.4 Å². The Bertz CT molecular complexity index is 571. The van der Waals surface area contributed by atoms with Crippen LogP contribution in [0.2, 0.25) is 0 Å². The molecular formula is C16H20N4O3. The molecule has 1 atom stereocenters. The fourth-order valence-electron chi connectivity index (χ4n) is 2.79. The van der Waals surface area contributed by atoms with Crippen LogP contribution < -0.4 is 0 Å². The zero-order chi connectivity index (χ0) is 16.8. The Kier molecular flexibility index (Phi) is 5.70. The monoisotopic (exact) mass is 316 g/mol. The van der Waals surface area contributed by atoms with Gasteiger partial charge in [-0.05, 0) is 18.8 Å². The summed E-state index contributed by atoms with van der Waals surface area (Å²) in [6.07, 6.45) is 3.89. The Morgan fingerprint density at radius 2 is 1.57 bits per heavy atom. The van der Waals surface area contributed by atoms with E-state index in [4.69, 9.17) is 10.5 Å². The lowest BCUT2D eigenvalue weighted by molar-refractivity contribution is -0.134. The molecule has 0 spiro atoms. The van der Waals surface area contributed by atoms with E-state index in [1.807, 2.05) is 12.1 Å². The quantitative estimate of drug-likeness (QED) is 0.712. The highest BCUT2D eigenvalue weighted by atomic mass is 16.2. The highest BCUT2D eigenvalue weighted by Crippen LogP contribution is 2.36. The molecule has 2 aliphatic rings. The summed E-state index contributed by atoms with van der Waals surface area (Å²) in [4.78, 5) is 39.4. The number of nitrogens with zero attached hydrogens (tertiary/aromatic N) is 4. The van der Waals surface area contributed by atoms with Crippen LogP contribution in [0.5, 0.6) is 0 Å². The van der Waals surface area contributed by atoms with Crippen LogP contribution in [-0.2, 0) is 9.59 Å². The Morgan fingerprint density at radius 3 is 2.13 bits per heavy atom. The Hall–Kier alpha value is -2.41. The number of nitriles is 2. The molecule has 0 aromatic heterocycles. The summed E-state index contributed by atoms with van der Waals surface area (Å²) >= 11 is 0. The van der Waals surface area contributed by atoms with E-state index in [0.29, 0.717) is 12.3 Å². The van der Waals surface area contributed by atoms with Crippen LogP contribution in [-0.4, -0.2) is 40.7 Å². The van der Waals surface area contributed by atoms with Gasteiger partial charge < -0.3 is 0 Å². The highest BCUT2D eigenvalue weighted by Gasteiger charge is 2.40. The standard InChI is InChI=1S/C16H20N4O3/c17-7-1-9-19-14(21)11-13(6-5-12-3-4-12)15(22)20(16(19)23)10-2-8-18/h12-13H,1-6,9-11H2. The summed E-state index contributed by atoms with van der Waals surface area (Å²) in [7, 11) is 0. The first-order valence-electron chi connectivity index (χ1n) is 7.98. The van der Waals surface area contributed by atoms with Gasteiger partial charge in [-0.1, -0.05) is 12.8 Å². The zero-order valence-corrected chi connectivity index (χ0v) is 13.0. The fourth-order valence-corrected chi connectivity index (χ4v) is 2.79. The van der Waals surface area contributed by atoms with Crippen LogP contribution in [0.3, 0.4) is 0 Å². The number of hydrogen-bond donors (Lipinski definition) is 0. The van der Waals surface area contributed by atoms with E-state index < -0.39 is 17.9 Å². The lowest BCUT2D eigenvalue weighted by Crippen LogP contribution is -2.47. The maximum absolute atomic E-state index is 12.6. The summed E-state index contributed by atoms with van der Waals surface area (Å²) in [5.74, 6) is -0.630. The molecule has 1 saturated carbocycles. The van der Waals surface area contributed by atoms with Crippen molar-refractivity contribution in [3.63, 3.8) is 0 Å². The Morgan fingerprint density at radius 1 is 0.957 bits per heavy atom. The molecule has 0 aromatic carbocycles. The van der Waals surface area contributed by atoms with Gasteiger partial charge in [0.05, 0.1) is 25.0 Å². The summed E-state index contributed by atoms with van der Waals surface area (Å²) in [6.45, 7) is -0.0235. The van der Waals surface area contributed by atoms with Gasteiger partial charge in [-0.25, -0.2) is 4.79 Å². The smallest absolute Gasteiger partial charge is 0.274 e. The van der Waals surface area contributed by atoms with E-state index in [-0.39, 0.29) is 38.3 Å². The molecule has 0 aromatic rings. The van der Waals surface area contributed by atoms with E-state index in [1.54, 1.807) is 0 Å². The molecule has 1 aliphatic carbocycles. The van der Waals surface area contributed by atoms with Crippen LogP contribution in [0.15, 0.2) is 0 Å². The summed E-state index contributed by atoms with van der Waals surface area (Å²) in [6, 6.07) is 3.13. The highest BCUT2D eigenvalue weighted by molar-refractivity contribution is 6.06. The van der Waals surface area contributed by atoms with Crippen molar-refractivity contribution < 1.29 is 14.4 Å². The lowest BCUT2D eigenvalue weighted by atomic mass is 9.96. The number of hydrogen-bond acceptors (Lipinski definition) is 5. The van der Waals surface area contributed by atoms with Gasteiger partial charge >= 0.3 is 6.03 Å². The predicted molar refractivity (Wildman–Crippen MR) is 79.3 cm³/mol. The summed E-state index contributed by atoms with van der Waals surface area (Å²) in [5, 5.41) is 17.4. The molecule has 0 bridgehead atoms. The van der Waals surface area contributed by atoms with Crippen molar-refractivity contribution in [2.24, 2.45) is 11.8 Å².